The second-order valence-electron chi connectivity index (χ2n) is 8.18. The monoisotopic (exact) mass is 402 g/mol. The number of benzene rings is 2. The Morgan fingerprint density at radius 1 is 1.00 bits per heavy atom. The van der Waals surface area contributed by atoms with Crippen molar-refractivity contribution in [2.45, 2.75) is 26.1 Å². The molecule has 3 heterocycles. The van der Waals surface area contributed by atoms with Gasteiger partial charge in [-0.05, 0) is 31.9 Å². The first-order valence-electron chi connectivity index (χ1n) is 10.7. The second kappa shape index (κ2) is 8.17. The number of nitrogens with zero attached hydrogens (tertiary/aromatic N) is 2. The summed E-state index contributed by atoms with van der Waals surface area (Å²) in [5.41, 5.74) is 4.63. The molecule has 0 atom stereocenters. The van der Waals surface area contributed by atoms with Gasteiger partial charge in [-0.25, -0.2) is 4.98 Å². The molecule has 0 spiro atoms. The lowest BCUT2D eigenvalue weighted by Gasteiger charge is -2.34. The lowest BCUT2D eigenvalue weighted by atomic mass is 9.95. The van der Waals surface area contributed by atoms with Crippen molar-refractivity contribution < 1.29 is 14.3 Å². The van der Waals surface area contributed by atoms with Crippen molar-refractivity contribution in [2.75, 3.05) is 26.3 Å². The Morgan fingerprint density at radius 2 is 1.70 bits per heavy atom. The molecule has 1 aromatic heterocycles. The maximum atomic E-state index is 13.5. The highest BCUT2D eigenvalue weighted by molar-refractivity contribution is 6.07. The van der Waals surface area contributed by atoms with E-state index in [0.29, 0.717) is 19.1 Å². The molecule has 0 saturated carbocycles. The quantitative estimate of drug-likeness (QED) is 0.650. The van der Waals surface area contributed by atoms with Crippen molar-refractivity contribution in [1.82, 2.24) is 9.88 Å². The van der Waals surface area contributed by atoms with Gasteiger partial charge in [-0.1, -0.05) is 48.0 Å². The first-order chi connectivity index (χ1) is 14.7. The zero-order valence-electron chi connectivity index (χ0n) is 17.2. The van der Waals surface area contributed by atoms with Gasteiger partial charge in [0.25, 0.3) is 5.91 Å². The predicted octanol–water partition coefficient (Wildman–Crippen LogP) is 4.44. The van der Waals surface area contributed by atoms with Crippen molar-refractivity contribution >= 4 is 16.8 Å². The number of pyridine rings is 1. The third-order valence-electron chi connectivity index (χ3n) is 6.15. The molecule has 0 unspecified atom stereocenters. The van der Waals surface area contributed by atoms with Crippen LogP contribution >= 0.6 is 0 Å². The van der Waals surface area contributed by atoms with Crippen LogP contribution in [-0.2, 0) is 9.47 Å². The molecule has 2 aliphatic rings. The Morgan fingerprint density at radius 3 is 2.43 bits per heavy atom. The van der Waals surface area contributed by atoms with Crippen LogP contribution < -0.4 is 0 Å². The number of carbonyl (C=O) groups is 1. The molecule has 0 radical (unpaired) electrons. The minimum Gasteiger partial charge on any atom is -0.350 e. The summed E-state index contributed by atoms with van der Waals surface area (Å²) in [6, 6.07) is 18.1. The van der Waals surface area contributed by atoms with Gasteiger partial charge in [-0.15, -0.1) is 0 Å². The van der Waals surface area contributed by atoms with E-state index in [-0.39, 0.29) is 12.2 Å². The van der Waals surface area contributed by atoms with Gasteiger partial charge < -0.3 is 14.4 Å². The molecule has 3 aromatic rings. The summed E-state index contributed by atoms with van der Waals surface area (Å²) in [7, 11) is 0. The van der Waals surface area contributed by atoms with Crippen LogP contribution in [0, 0.1) is 12.8 Å². The SMILES string of the molecule is Cc1ccc(-c2cc(C(=O)N3CCC(C4OCCO4)CC3)c3ccccc3n2)cc1. The van der Waals surface area contributed by atoms with E-state index in [0.717, 1.165) is 53.7 Å². The number of fused-ring (bicyclic) bond motifs is 1. The normalized spacial score (nSPS) is 18.2. The van der Waals surface area contributed by atoms with E-state index in [1.165, 1.54) is 5.56 Å². The maximum absolute atomic E-state index is 13.5. The molecule has 2 fully saturated rings. The van der Waals surface area contributed by atoms with Gasteiger partial charge in [0.15, 0.2) is 6.29 Å². The molecular formula is C25H26N2O3. The van der Waals surface area contributed by atoms with Crippen LogP contribution in [0.4, 0.5) is 0 Å². The summed E-state index contributed by atoms with van der Waals surface area (Å²) >= 11 is 0. The molecule has 2 aromatic carbocycles. The van der Waals surface area contributed by atoms with Gasteiger partial charge in [-0.2, -0.15) is 0 Å². The standard InChI is InChI=1S/C25H26N2O3/c1-17-6-8-18(9-7-17)23-16-21(20-4-2-3-5-22(20)26-23)24(28)27-12-10-19(11-13-27)25-29-14-15-30-25/h2-9,16,19,25H,10-15H2,1H3. The highest BCUT2D eigenvalue weighted by Crippen LogP contribution is 2.29. The second-order valence-corrected chi connectivity index (χ2v) is 8.18. The van der Waals surface area contributed by atoms with Crippen LogP contribution in [0.25, 0.3) is 22.2 Å². The Labute approximate surface area is 176 Å². The Kier molecular flexibility index (Phi) is 5.23. The van der Waals surface area contributed by atoms with Crippen molar-refractivity contribution in [3.63, 3.8) is 0 Å². The molecular weight excluding hydrogens is 376 g/mol. The van der Waals surface area contributed by atoms with Gasteiger partial charge in [-0.3, -0.25) is 4.79 Å². The number of aryl methyl sites for hydroxylation is 1. The van der Waals surface area contributed by atoms with E-state index in [4.69, 9.17) is 14.5 Å². The molecule has 30 heavy (non-hydrogen) atoms. The first kappa shape index (κ1) is 19.2. The van der Waals surface area contributed by atoms with Gasteiger partial charge in [0.1, 0.15) is 0 Å². The predicted molar refractivity (Wildman–Crippen MR) is 116 cm³/mol. The molecule has 5 rings (SSSR count). The van der Waals surface area contributed by atoms with Gasteiger partial charge >= 0.3 is 0 Å². The van der Waals surface area contributed by atoms with E-state index in [1.54, 1.807) is 0 Å². The Balaban J connectivity index is 1.44. The number of hydrogen-bond donors (Lipinski definition) is 0. The Hall–Kier alpha value is -2.76. The van der Waals surface area contributed by atoms with Crippen molar-refractivity contribution in [2.24, 2.45) is 5.92 Å². The fourth-order valence-corrected chi connectivity index (χ4v) is 4.42. The minimum absolute atomic E-state index is 0.0775. The summed E-state index contributed by atoms with van der Waals surface area (Å²) in [5, 5.41) is 0.906. The topological polar surface area (TPSA) is 51.7 Å². The van der Waals surface area contributed by atoms with Crippen LogP contribution in [0.5, 0.6) is 0 Å². The van der Waals surface area contributed by atoms with Crippen molar-refractivity contribution in [3.8, 4) is 11.3 Å². The number of ether oxygens (including phenoxy) is 2. The average molecular weight is 402 g/mol. The van der Waals surface area contributed by atoms with E-state index in [2.05, 4.69) is 31.2 Å². The fraction of sp³-hybridized carbons (Fsp3) is 0.360. The molecule has 154 valence electrons. The number of carbonyl (C=O) groups excluding carboxylic acids is 1. The highest BCUT2D eigenvalue weighted by atomic mass is 16.7. The third kappa shape index (κ3) is 3.71. The summed E-state index contributed by atoms with van der Waals surface area (Å²) in [6.45, 7) is 4.87. The van der Waals surface area contributed by atoms with Crippen LogP contribution in [0.15, 0.2) is 54.6 Å². The smallest absolute Gasteiger partial charge is 0.254 e. The highest BCUT2D eigenvalue weighted by Gasteiger charge is 2.32. The fourth-order valence-electron chi connectivity index (χ4n) is 4.42. The molecule has 1 amide bonds. The molecule has 2 aliphatic heterocycles. The van der Waals surface area contributed by atoms with E-state index < -0.39 is 0 Å². The molecule has 5 nitrogen and oxygen atoms in total. The number of para-hydroxylation sites is 1. The van der Waals surface area contributed by atoms with Gasteiger partial charge in [0.05, 0.1) is 30.0 Å². The first-order valence-corrected chi connectivity index (χ1v) is 10.7. The van der Waals surface area contributed by atoms with Crippen LogP contribution in [0.3, 0.4) is 0 Å². The van der Waals surface area contributed by atoms with Gasteiger partial charge in [0, 0.05) is 30.0 Å². The van der Waals surface area contributed by atoms with Crippen molar-refractivity contribution in [1.29, 1.82) is 0 Å². The number of amides is 1. The minimum atomic E-state index is -0.0999. The van der Waals surface area contributed by atoms with E-state index >= 15 is 0 Å². The number of aromatic nitrogens is 1. The average Bonchev–Trinajstić information content (AvgIpc) is 3.33. The van der Waals surface area contributed by atoms with Crippen LogP contribution in [-0.4, -0.2) is 48.4 Å². The van der Waals surface area contributed by atoms with Gasteiger partial charge in [0.2, 0.25) is 0 Å². The van der Waals surface area contributed by atoms with E-state index in [9.17, 15) is 4.79 Å². The Bertz CT molecular complexity index is 1050. The van der Waals surface area contributed by atoms with Crippen LogP contribution in [0.1, 0.15) is 28.8 Å². The lowest BCUT2D eigenvalue weighted by Crippen LogP contribution is -2.41. The summed E-state index contributed by atoms with van der Waals surface area (Å²) in [6.07, 6.45) is 1.71. The lowest BCUT2D eigenvalue weighted by molar-refractivity contribution is -0.0956. The zero-order valence-corrected chi connectivity index (χ0v) is 17.2. The number of hydrogen-bond acceptors (Lipinski definition) is 4. The molecule has 0 N–H and O–H groups in total. The van der Waals surface area contributed by atoms with E-state index in [1.807, 2.05) is 35.2 Å². The summed E-state index contributed by atoms with van der Waals surface area (Å²) in [5.74, 6) is 0.447. The third-order valence-corrected chi connectivity index (χ3v) is 6.15. The molecule has 0 bridgehead atoms. The molecule has 5 heteroatoms. The molecule has 0 aliphatic carbocycles. The summed E-state index contributed by atoms with van der Waals surface area (Å²) < 4.78 is 11.3. The number of piperidine rings is 1. The van der Waals surface area contributed by atoms with Crippen LogP contribution in [0.2, 0.25) is 0 Å². The zero-order chi connectivity index (χ0) is 20.5. The largest absolute Gasteiger partial charge is 0.350 e. The van der Waals surface area contributed by atoms with Crippen molar-refractivity contribution in [3.05, 3.63) is 65.7 Å². The number of likely N-dealkylation sites (tertiary alicyclic amines) is 1. The molecule has 2 saturated heterocycles. The summed E-state index contributed by atoms with van der Waals surface area (Å²) in [4.78, 5) is 20.3. The maximum Gasteiger partial charge on any atom is 0.254 e. The number of rotatable bonds is 3.